The number of hydrogen-bond acceptors (Lipinski definition) is 2. The third kappa shape index (κ3) is 5.82. The maximum Gasteiger partial charge on any atom is 0.0228 e. The van der Waals surface area contributed by atoms with Crippen molar-refractivity contribution < 1.29 is 0 Å². The van der Waals surface area contributed by atoms with E-state index in [1.807, 2.05) is 7.05 Å². The molecule has 0 radical (unpaired) electrons. The SMILES string of the molecule is CCC(C)C(C)C(C)CC(C)(S)CNC. The summed E-state index contributed by atoms with van der Waals surface area (Å²) in [5, 5.41) is 3.22. The monoisotopic (exact) mass is 231 g/mol. The Bertz CT molecular complexity index is 168. The van der Waals surface area contributed by atoms with Gasteiger partial charge in [0, 0.05) is 11.3 Å². The van der Waals surface area contributed by atoms with Gasteiger partial charge in [0.2, 0.25) is 0 Å². The average Bonchev–Trinajstić information content (AvgIpc) is 2.14. The smallest absolute Gasteiger partial charge is 0.0228 e. The Kier molecular flexibility index (Phi) is 6.94. The highest BCUT2D eigenvalue weighted by Crippen LogP contribution is 2.31. The topological polar surface area (TPSA) is 12.0 Å². The standard InChI is InChI=1S/C13H29NS/c1-7-10(2)12(4)11(3)8-13(5,15)9-14-6/h10-12,14-15H,7-9H2,1-6H3. The van der Waals surface area contributed by atoms with Crippen LogP contribution in [0.15, 0.2) is 0 Å². The Labute approximate surface area is 102 Å². The van der Waals surface area contributed by atoms with Gasteiger partial charge in [0.1, 0.15) is 0 Å². The first-order valence-electron chi connectivity index (χ1n) is 6.21. The Hall–Kier alpha value is 0.310. The minimum Gasteiger partial charge on any atom is -0.318 e. The zero-order chi connectivity index (χ0) is 12.1. The van der Waals surface area contributed by atoms with Gasteiger partial charge in [-0.3, -0.25) is 0 Å². The van der Waals surface area contributed by atoms with Crippen LogP contribution in [-0.2, 0) is 0 Å². The van der Waals surface area contributed by atoms with Crippen molar-refractivity contribution in [3.8, 4) is 0 Å². The van der Waals surface area contributed by atoms with E-state index in [1.165, 1.54) is 12.8 Å². The molecule has 0 saturated heterocycles. The van der Waals surface area contributed by atoms with E-state index in [1.54, 1.807) is 0 Å². The Balaban J connectivity index is 4.16. The van der Waals surface area contributed by atoms with E-state index in [0.29, 0.717) is 0 Å². The maximum atomic E-state index is 4.74. The molecule has 4 atom stereocenters. The van der Waals surface area contributed by atoms with Crippen LogP contribution in [0.25, 0.3) is 0 Å². The zero-order valence-corrected chi connectivity index (χ0v) is 12.2. The van der Waals surface area contributed by atoms with Gasteiger partial charge >= 0.3 is 0 Å². The highest BCUT2D eigenvalue weighted by atomic mass is 32.1. The van der Waals surface area contributed by atoms with E-state index >= 15 is 0 Å². The number of thiol groups is 1. The van der Waals surface area contributed by atoms with E-state index < -0.39 is 0 Å². The normalized spacial score (nSPS) is 21.8. The number of hydrogen-bond donors (Lipinski definition) is 2. The third-order valence-electron chi connectivity index (χ3n) is 3.76. The summed E-state index contributed by atoms with van der Waals surface area (Å²) >= 11 is 4.74. The Morgan fingerprint density at radius 1 is 1.20 bits per heavy atom. The molecule has 0 amide bonds. The molecule has 1 N–H and O–H groups in total. The summed E-state index contributed by atoms with van der Waals surface area (Å²) in [6, 6.07) is 0. The molecule has 92 valence electrons. The summed E-state index contributed by atoms with van der Waals surface area (Å²) < 4.78 is 0.121. The first kappa shape index (κ1) is 15.3. The molecular formula is C13H29NS. The summed E-state index contributed by atoms with van der Waals surface area (Å²) in [6.45, 7) is 12.6. The van der Waals surface area contributed by atoms with Crippen LogP contribution in [0.3, 0.4) is 0 Å². The summed E-state index contributed by atoms with van der Waals surface area (Å²) in [6.07, 6.45) is 2.46. The van der Waals surface area contributed by atoms with Gasteiger partial charge in [0.05, 0.1) is 0 Å². The molecule has 2 heteroatoms. The van der Waals surface area contributed by atoms with E-state index in [4.69, 9.17) is 12.6 Å². The Morgan fingerprint density at radius 2 is 1.73 bits per heavy atom. The van der Waals surface area contributed by atoms with Gasteiger partial charge in [-0.2, -0.15) is 12.6 Å². The summed E-state index contributed by atoms with van der Waals surface area (Å²) in [5.41, 5.74) is 0. The van der Waals surface area contributed by atoms with Crippen LogP contribution >= 0.6 is 12.6 Å². The molecule has 0 heterocycles. The largest absolute Gasteiger partial charge is 0.318 e. The summed E-state index contributed by atoms with van der Waals surface area (Å²) in [5.74, 6) is 2.35. The second-order valence-electron chi connectivity index (χ2n) is 5.45. The van der Waals surface area contributed by atoms with Gasteiger partial charge in [-0.1, -0.05) is 34.1 Å². The lowest BCUT2D eigenvalue weighted by Crippen LogP contribution is -2.34. The molecule has 0 aliphatic heterocycles. The Morgan fingerprint density at radius 3 is 2.13 bits per heavy atom. The number of nitrogens with one attached hydrogen (secondary N) is 1. The molecule has 0 aromatic heterocycles. The predicted molar refractivity (Wildman–Crippen MR) is 73.7 cm³/mol. The van der Waals surface area contributed by atoms with Gasteiger partial charge in [-0.25, -0.2) is 0 Å². The van der Waals surface area contributed by atoms with Crippen LogP contribution in [-0.4, -0.2) is 18.3 Å². The molecule has 0 fully saturated rings. The first-order chi connectivity index (χ1) is 6.84. The van der Waals surface area contributed by atoms with Crippen LogP contribution in [0.4, 0.5) is 0 Å². The van der Waals surface area contributed by atoms with E-state index in [0.717, 1.165) is 24.3 Å². The van der Waals surface area contributed by atoms with Crippen molar-refractivity contribution in [3.63, 3.8) is 0 Å². The van der Waals surface area contributed by atoms with Gasteiger partial charge < -0.3 is 5.32 Å². The quantitative estimate of drug-likeness (QED) is 0.638. The summed E-state index contributed by atoms with van der Waals surface area (Å²) in [4.78, 5) is 0. The van der Waals surface area contributed by atoms with Gasteiger partial charge in [-0.15, -0.1) is 0 Å². The molecule has 1 nitrogen and oxygen atoms in total. The fourth-order valence-electron chi connectivity index (χ4n) is 2.27. The van der Waals surface area contributed by atoms with Crippen LogP contribution in [0.5, 0.6) is 0 Å². The minimum atomic E-state index is 0.121. The lowest BCUT2D eigenvalue weighted by molar-refractivity contribution is 0.244. The molecule has 0 aromatic rings. The fraction of sp³-hybridized carbons (Fsp3) is 1.00. The van der Waals surface area contributed by atoms with E-state index in [-0.39, 0.29) is 4.75 Å². The second-order valence-corrected chi connectivity index (χ2v) is 6.53. The van der Waals surface area contributed by atoms with Crippen molar-refractivity contribution in [1.82, 2.24) is 5.32 Å². The lowest BCUT2D eigenvalue weighted by atomic mass is 9.79. The van der Waals surface area contributed by atoms with E-state index in [9.17, 15) is 0 Å². The van der Waals surface area contributed by atoms with Crippen LogP contribution in [0.1, 0.15) is 47.5 Å². The molecular weight excluding hydrogens is 202 g/mol. The van der Waals surface area contributed by atoms with Crippen molar-refractivity contribution in [3.05, 3.63) is 0 Å². The van der Waals surface area contributed by atoms with Crippen molar-refractivity contribution >= 4 is 12.6 Å². The molecule has 0 aliphatic rings. The second kappa shape index (κ2) is 6.80. The predicted octanol–water partition coefficient (Wildman–Crippen LogP) is 3.60. The average molecular weight is 231 g/mol. The molecule has 0 aromatic carbocycles. The van der Waals surface area contributed by atoms with Crippen LogP contribution < -0.4 is 5.32 Å². The summed E-state index contributed by atoms with van der Waals surface area (Å²) in [7, 11) is 2.00. The fourth-order valence-corrected chi connectivity index (χ4v) is 2.71. The van der Waals surface area contributed by atoms with Crippen molar-refractivity contribution in [2.24, 2.45) is 17.8 Å². The van der Waals surface area contributed by atoms with Gasteiger partial charge in [0.25, 0.3) is 0 Å². The molecule has 0 bridgehead atoms. The molecule has 0 spiro atoms. The van der Waals surface area contributed by atoms with E-state index in [2.05, 4.69) is 39.9 Å². The molecule has 0 aliphatic carbocycles. The molecule has 15 heavy (non-hydrogen) atoms. The highest BCUT2D eigenvalue weighted by molar-refractivity contribution is 7.81. The van der Waals surface area contributed by atoms with Gasteiger partial charge in [0.15, 0.2) is 0 Å². The zero-order valence-electron chi connectivity index (χ0n) is 11.3. The van der Waals surface area contributed by atoms with Crippen LogP contribution in [0, 0.1) is 17.8 Å². The third-order valence-corrected chi connectivity index (χ3v) is 4.10. The highest BCUT2D eigenvalue weighted by Gasteiger charge is 2.26. The number of rotatable bonds is 7. The lowest BCUT2D eigenvalue weighted by Gasteiger charge is -2.32. The first-order valence-corrected chi connectivity index (χ1v) is 6.65. The van der Waals surface area contributed by atoms with Crippen LogP contribution in [0.2, 0.25) is 0 Å². The molecule has 0 saturated carbocycles. The molecule has 4 unspecified atom stereocenters. The van der Waals surface area contributed by atoms with Crippen molar-refractivity contribution in [2.75, 3.05) is 13.6 Å². The van der Waals surface area contributed by atoms with Gasteiger partial charge in [-0.05, 0) is 38.1 Å². The molecule has 0 rings (SSSR count). The minimum absolute atomic E-state index is 0.121. The van der Waals surface area contributed by atoms with Crippen molar-refractivity contribution in [2.45, 2.75) is 52.2 Å². The van der Waals surface area contributed by atoms with Crippen molar-refractivity contribution in [1.29, 1.82) is 0 Å². The maximum absolute atomic E-state index is 4.74.